The van der Waals surface area contributed by atoms with Crippen LogP contribution in [0.25, 0.3) is 0 Å². The van der Waals surface area contributed by atoms with Gasteiger partial charge in [0.2, 0.25) is 0 Å². The molecule has 1 aromatic rings. The molecule has 2 rings (SSSR count). The van der Waals surface area contributed by atoms with Gasteiger partial charge in [-0.1, -0.05) is 0 Å². The van der Waals surface area contributed by atoms with E-state index < -0.39 is 22.2 Å². The molecule has 1 saturated heterocycles. The third-order valence-corrected chi connectivity index (χ3v) is 4.88. The van der Waals surface area contributed by atoms with Crippen molar-refractivity contribution in [1.82, 2.24) is 19.0 Å². The fraction of sp³-hybridized carbons (Fsp3) is 0.583. The first-order valence-electron chi connectivity index (χ1n) is 6.67. The van der Waals surface area contributed by atoms with E-state index in [0.29, 0.717) is 25.0 Å². The lowest BCUT2D eigenvalue weighted by Gasteiger charge is -2.31. The topological polar surface area (TPSA) is 112 Å². The van der Waals surface area contributed by atoms with Gasteiger partial charge in [-0.25, -0.2) is 0 Å². The third-order valence-electron chi connectivity index (χ3n) is 3.32. The van der Waals surface area contributed by atoms with Crippen molar-refractivity contribution in [3.8, 4) is 0 Å². The van der Waals surface area contributed by atoms with Crippen molar-refractivity contribution >= 4 is 16.2 Å². The summed E-state index contributed by atoms with van der Waals surface area (Å²) in [5, 5.41) is 9.13. The average Bonchev–Trinajstić information content (AvgIpc) is 2.47. The summed E-state index contributed by atoms with van der Waals surface area (Å²) in [6.07, 6.45) is 4.75. The summed E-state index contributed by atoms with van der Waals surface area (Å²) >= 11 is 0. The van der Waals surface area contributed by atoms with Crippen molar-refractivity contribution < 1.29 is 18.3 Å². The Balaban J connectivity index is 2.06. The summed E-state index contributed by atoms with van der Waals surface area (Å²) in [5.74, 6) is -1.12. The van der Waals surface area contributed by atoms with Gasteiger partial charge >= 0.3 is 5.97 Å². The normalized spacial score (nSPS) is 20.3. The highest BCUT2D eigenvalue weighted by molar-refractivity contribution is 7.87. The van der Waals surface area contributed by atoms with Gasteiger partial charge in [-0.2, -0.15) is 17.4 Å². The highest BCUT2D eigenvalue weighted by Gasteiger charge is 2.36. The predicted molar refractivity (Wildman–Crippen MR) is 74.5 cm³/mol. The maximum atomic E-state index is 12.2. The second-order valence-corrected chi connectivity index (χ2v) is 6.64. The van der Waals surface area contributed by atoms with Gasteiger partial charge in [-0.3, -0.25) is 14.8 Å². The smallest absolute Gasteiger partial charge is 0.322 e. The fourth-order valence-corrected chi connectivity index (χ4v) is 3.59. The standard InChI is InChI=1S/C12H18N4O4S/c1-9-6-14-10(7-13-9)8-15-21(19,20)16-5-3-2-4-11(16)12(17)18/h6-7,11,15H,2-5,8H2,1H3,(H,17,18). The van der Waals surface area contributed by atoms with E-state index in [1.807, 2.05) is 0 Å². The quantitative estimate of drug-likeness (QED) is 0.794. The number of nitrogens with zero attached hydrogens (tertiary/aromatic N) is 3. The van der Waals surface area contributed by atoms with Gasteiger partial charge in [-0.15, -0.1) is 0 Å². The lowest BCUT2D eigenvalue weighted by molar-refractivity contribution is -0.142. The number of aromatic nitrogens is 2. The summed E-state index contributed by atoms with van der Waals surface area (Å²) < 4.78 is 27.9. The summed E-state index contributed by atoms with van der Waals surface area (Å²) in [6, 6.07) is -1.000. The predicted octanol–water partition coefficient (Wildman–Crippen LogP) is 0.0585. The van der Waals surface area contributed by atoms with E-state index in [9.17, 15) is 13.2 Å². The summed E-state index contributed by atoms with van der Waals surface area (Å²) in [7, 11) is -3.85. The minimum atomic E-state index is -3.85. The molecular formula is C12H18N4O4S. The maximum absolute atomic E-state index is 12.2. The number of piperidine rings is 1. The number of hydrogen-bond donors (Lipinski definition) is 2. The van der Waals surface area contributed by atoms with Gasteiger partial charge in [-0.05, 0) is 26.2 Å². The van der Waals surface area contributed by atoms with Crippen LogP contribution in [-0.4, -0.2) is 46.4 Å². The van der Waals surface area contributed by atoms with Crippen LogP contribution in [0.2, 0.25) is 0 Å². The zero-order valence-corrected chi connectivity index (χ0v) is 12.5. The summed E-state index contributed by atoms with van der Waals surface area (Å²) in [5.41, 5.74) is 1.22. The highest BCUT2D eigenvalue weighted by Crippen LogP contribution is 2.20. The molecule has 1 aliphatic rings. The van der Waals surface area contributed by atoms with Crippen molar-refractivity contribution in [2.75, 3.05) is 6.54 Å². The van der Waals surface area contributed by atoms with E-state index in [1.54, 1.807) is 13.1 Å². The molecule has 1 fully saturated rings. The fourth-order valence-electron chi connectivity index (χ4n) is 2.20. The van der Waals surface area contributed by atoms with Gasteiger partial charge in [0.15, 0.2) is 0 Å². The second kappa shape index (κ2) is 6.46. The molecule has 1 aliphatic heterocycles. The van der Waals surface area contributed by atoms with Gasteiger partial charge in [0.05, 0.1) is 24.1 Å². The van der Waals surface area contributed by atoms with E-state index in [-0.39, 0.29) is 13.1 Å². The molecule has 1 unspecified atom stereocenters. The third kappa shape index (κ3) is 3.96. The van der Waals surface area contributed by atoms with E-state index in [0.717, 1.165) is 10.00 Å². The molecule has 21 heavy (non-hydrogen) atoms. The number of carbonyl (C=O) groups is 1. The molecule has 2 heterocycles. The Morgan fingerprint density at radius 1 is 1.43 bits per heavy atom. The largest absolute Gasteiger partial charge is 0.480 e. The average molecular weight is 314 g/mol. The first kappa shape index (κ1) is 15.8. The van der Waals surface area contributed by atoms with Gasteiger partial charge in [0.25, 0.3) is 10.2 Å². The number of carboxylic acids is 1. The van der Waals surface area contributed by atoms with E-state index in [1.165, 1.54) is 6.20 Å². The van der Waals surface area contributed by atoms with Crippen LogP contribution in [0.5, 0.6) is 0 Å². The van der Waals surface area contributed by atoms with Crippen LogP contribution in [0.3, 0.4) is 0 Å². The van der Waals surface area contributed by atoms with Crippen molar-refractivity contribution in [3.05, 3.63) is 23.8 Å². The Morgan fingerprint density at radius 3 is 2.81 bits per heavy atom. The lowest BCUT2D eigenvalue weighted by atomic mass is 10.1. The Hall–Kier alpha value is -1.58. The minimum Gasteiger partial charge on any atom is -0.480 e. The molecule has 0 bridgehead atoms. The number of aryl methyl sites for hydroxylation is 1. The van der Waals surface area contributed by atoms with E-state index in [4.69, 9.17) is 5.11 Å². The Kier molecular flexibility index (Phi) is 4.86. The Labute approximate surface area is 123 Å². The lowest BCUT2D eigenvalue weighted by Crippen LogP contribution is -2.51. The first-order chi connectivity index (χ1) is 9.90. The summed E-state index contributed by atoms with van der Waals surface area (Å²) in [4.78, 5) is 19.3. The molecule has 1 atom stereocenters. The van der Waals surface area contributed by atoms with Gasteiger partial charge in [0.1, 0.15) is 6.04 Å². The van der Waals surface area contributed by atoms with Gasteiger partial charge in [0, 0.05) is 12.7 Å². The van der Waals surface area contributed by atoms with Crippen LogP contribution in [0.4, 0.5) is 0 Å². The molecule has 0 saturated carbocycles. The molecule has 0 aromatic carbocycles. The van der Waals surface area contributed by atoms with Crippen LogP contribution < -0.4 is 4.72 Å². The molecule has 0 spiro atoms. The molecule has 0 radical (unpaired) electrons. The van der Waals surface area contributed by atoms with Crippen LogP contribution in [0.15, 0.2) is 12.4 Å². The number of carboxylic acid groups (broad SMARTS) is 1. The van der Waals surface area contributed by atoms with Crippen LogP contribution in [0, 0.1) is 6.92 Å². The highest BCUT2D eigenvalue weighted by atomic mass is 32.2. The molecule has 8 nitrogen and oxygen atoms in total. The molecule has 116 valence electrons. The number of aliphatic carboxylic acids is 1. The molecule has 1 aromatic heterocycles. The van der Waals surface area contributed by atoms with E-state index in [2.05, 4.69) is 14.7 Å². The van der Waals surface area contributed by atoms with Crippen molar-refractivity contribution in [2.45, 2.75) is 38.8 Å². The maximum Gasteiger partial charge on any atom is 0.322 e. The summed E-state index contributed by atoms with van der Waals surface area (Å²) in [6.45, 7) is 1.98. The Morgan fingerprint density at radius 2 is 2.19 bits per heavy atom. The molecule has 0 amide bonds. The minimum absolute atomic E-state index is 0.0154. The zero-order valence-electron chi connectivity index (χ0n) is 11.7. The van der Waals surface area contributed by atoms with Gasteiger partial charge < -0.3 is 5.11 Å². The number of hydrogen-bond acceptors (Lipinski definition) is 5. The monoisotopic (exact) mass is 314 g/mol. The van der Waals surface area contributed by atoms with E-state index >= 15 is 0 Å². The van der Waals surface area contributed by atoms with Crippen molar-refractivity contribution in [2.24, 2.45) is 0 Å². The molecule has 2 N–H and O–H groups in total. The van der Waals surface area contributed by atoms with Crippen LogP contribution in [-0.2, 0) is 21.5 Å². The first-order valence-corrected chi connectivity index (χ1v) is 8.11. The SMILES string of the molecule is Cc1cnc(CNS(=O)(=O)N2CCCCC2C(=O)O)cn1. The molecule has 9 heteroatoms. The molecule has 0 aliphatic carbocycles. The zero-order chi connectivity index (χ0) is 15.5. The van der Waals surface area contributed by atoms with Crippen molar-refractivity contribution in [1.29, 1.82) is 0 Å². The molecular weight excluding hydrogens is 296 g/mol. The second-order valence-electron chi connectivity index (χ2n) is 4.94. The van der Waals surface area contributed by atoms with Crippen LogP contribution >= 0.6 is 0 Å². The number of rotatable bonds is 5. The van der Waals surface area contributed by atoms with Crippen molar-refractivity contribution in [3.63, 3.8) is 0 Å². The Bertz CT molecular complexity index is 602. The number of nitrogens with one attached hydrogen (secondary N) is 1. The van der Waals surface area contributed by atoms with Crippen LogP contribution in [0.1, 0.15) is 30.7 Å².